The molecule has 1 fully saturated rings. The Labute approximate surface area is 88.3 Å². The predicted molar refractivity (Wildman–Crippen MR) is 53.1 cm³/mol. The highest BCUT2D eigenvalue weighted by atomic mass is 16.4. The lowest BCUT2D eigenvalue weighted by Gasteiger charge is -2.39. The topological polar surface area (TPSA) is 102 Å². The van der Waals surface area contributed by atoms with E-state index in [1.807, 2.05) is 0 Å². The third-order valence-electron chi connectivity index (χ3n) is 2.63. The second kappa shape index (κ2) is 4.89. The second-order valence-electron chi connectivity index (χ2n) is 3.80. The summed E-state index contributed by atoms with van der Waals surface area (Å²) in [6, 6.07) is -1.31. The number of likely N-dealkylation sites (N-methyl/N-ethyl adjacent to an activating group) is 1. The highest BCUT2D eigenvalue weighted by Crippen LogP contribution is 2.15. The molecule has 0 saturated carbocycles. The van der Waals surface area contributed by atoms with Gasteiger partial charge in [0.25, 0.3) is 0 Å². The lowest BCUT2D eigenvalue weighted by atomic mass is 9.90. The van der Waals surface area contributed by atoms with Gasteiger partial charge in [0, 0.05) is 12.6 Å². The standard InChI is InChI=1S/C9H18N2O4/c1-3-10-9(15)5-7(13)8(14)6(12)4(2)11-5/h4-8,11-14H,3H2,1-2H3,(H,10,15)/t4-,5+,6-,7-,8+/m1/s1. The first kappa shape index (κ1) is 12.4. The van der Waals surface area contributed by atoms with Crippen LogP contribution in [0.15, 0.2) is 0 Å². The Morgan fingerprint density at radius 2 is 1.87 bits per heavy atom. The first-order valence-electron chi connectivity index (χ1n) is 5.07. The zero-order chi connectivity index (χ0) is 11.6. The number of carbonyl (C=O) groups is 1. The van der Waals surface area contributed by atoms with E-state index < -0.39 is 30.4 Å². The fourth-order valence-electron chi connectivity index (χ4n) is 1.69. The van der Waals surface area contributed by atoms with E-state index in [2.05, 4.69) is 10.6 Å². The summed E-state index contributed by atoms with van der Waals surface area (Å²) in [6.07, 6.45) is -3.65. The fraction of sp³-hybridized carbons (Fsp3) is 0.889. The molecule has 1 amide bonds. The molecule has 0 aromatic rings. The monoisotopic (exact) mass is 218 g/mol. The van der Waals surface area contributed by atoms with Crippen molar-refractivity contribution in [3.8, 4) is 0 Å². The van der Waals surface area contributed by atoms with Gasteiger partial charge in [0.1, 0.15) is 18.2 Å². The predicted octanol–water partition coefficient (Wildman–Crippen LogP) is -2.43. The molecule has 1 aliphatic rings. The van der Waals surface area contributed by atoms with Crippen LogP contribution in [0.1, 0.15) is 13.8 Å². The van der Waals surface area contributed by atoms with Gasteiger partial charge in [0.2, 0.25) is 5.91 Å². The minimum atomic E-state index is -1.30. The van der Waals surface area contributed by atoms with Crippen LogP contribution in [0.5, 0.6) is 0 Å². The molecule has 1 rings (SSSR count). The summed E-state index contributed by atoms with van der Waals surface area (Å²) in [4.78, 5) is 11.5. The van der Waals surface area contributed by atoms with Crippen molar-refractivity contribution in [1.29, 1.82) is 0 Å². The van der Waals surface area contributed by atoms with Gasteiger partial charge in [0.05, 0.1) is 6.10 Å². The molecule has 0 unspecified atom stereocenters. The summed E-state index contributed by atoms with van der Waals surface area (Å²) in [7, 11) is 0. The number of hydrogen-bond donors (Lipinski definition) is 5. The molecule has 0 aliphatic carbocycles. The Balaban J connectivity index is 2.70. The van der Waals surface area contributed by atoms with Gasteiger partial charge in [-0.25, -0.2) is 0 Å². The number of aliphatic hydroxyl groups is 3. The largest absolute Gasteiger partial charge is 0.389 e. The van der Waals surface area contributed by atoms with Crippen molar-refractivity contribution < 1.29 is 20.1 Å². The zero-order valence-corrected chi connectivity index (χ0v) is 8.84. The molecule has 5 atom stereocenters. The fourth-order valence-corrected chi connectivity index (χ4v) is 1.69. The Hall–Kier alpha value is -0.690. The third kappa shape index (κ3) is 2.46. The average Bonchev–Trinajstić information content (AvgIpc) is 2.20. The second-order valence-corrected chi connectivity index (χ2v) is 3.80. The molecule has 15 heavy (non-hydrogen) atoms. The molecule has 6 heteroatoms. The van der Waals surface area contributed by atoms with E-state index in [4.69, 9.17) is 0 Å². The van der Waals surface area contributed by atoms with Gasteiger partial charge >= 0.3 is 0 Å². The van der Waals surface area contributed by atoms with E-state index >= 15 is 0 Å². The number of piperidine rings is 1. The van der Waals surface area contributed by atoms with Crippen LogP contribution in [0.4, 0.5) is 0 Å². The van der Waals surface area contributed by atoms with Crippen molar-refractivity contribution in [2.24, 2.45) is 0 Å². The molecular weight excluding hydrogens is 200 g/mol. The average molecular weight is 218 g/mol. The van der Waals surface area contributed by atoms with Gasteiger partial charge in [-0.2, -0.15) is 0 Å². The number of hydrogen-bond acceptors (Lipinski definition) is 5. The Morgan fingerprint density at radius 1 is 1.27 bits per heavy atom. The van der Waals surface area contributed by atoms with Crippen molar-refractivity contribution in [3.05, 3.63) is 0 Å². The SMILES string of the molecule is CCNC(=O)[C@H]1N[C@H](C)[C@@H](O)[C@H](O)[C@@H]1O. The van der Waals surface area contributed by atoms with Crippen LogP contribution in [0.3, 0.4) is 0 Å². The zero-order valence-electron chi connectivity index (χ0n) is 8.84. The number of carbonyl (C=O) groups excluding carboxylic acids is 1. The summed E-state index contributed by atoms with van der Waals surface area (Å²) in [5.41, 5.74) is 0. The number of nitrogens with one attached hydrogen (secondary N) is 2. The Kier molecular flexibility index (Phi) is 4.04. The summed E-state index contributed by atoms with van der Waals surface area (Å²) < 4.78 is 0. The lowest BCUT2D eigenvalue weighted by Crippen LogP contribution is -2.67. The van der Waals surface area contributed by atoms with Gasteiger partial charge in [-0.1, -0.05) is 0 Å². The first-order chi connectivity index (χ1) is 6.99. The summed E-state index contributed by atoms with van der Waals surface area (Å²) >= 11 is 0. The maximum absolute atomic E-state index is 11.5. The minimum absolute atomic E-state index is 0.372. The quantitative estimate of drug-likeness (QED) is 0.354. The van der Waals surface area contributed by atoms with Crippen molar-refractivity contribution in [3.63, 3.8) is 0 Å². The van der Waals surface area contributed by atoms with Crippen molar-refractivity contribution in [2.45, 2.75) is 44.2 Å². The molecular formula is C9H18N2O4. The highest BCUT2D eigenvalue weighted by Gasteiger charge is 2.43. The van der Waals surface area contributed by atoms with Crippen molar-refractivity contribution >= 4 is 5.91 Å². The number of rotatable bonds is 2. The van der Waals surface area contributed by atoms with E-state index in [9.17, 15) is 20.1 Å². The Bertz CT molecular complexity index is 236. The number of aliphatic hydroxyl groups excluding tert-OH is 3. The molecule has 1 heterocycles. The van der Waals surface area contributed by atoms with Crippen LogP contribution in [-0.4, -0.2) is 58.2 Å². The van der Waals surface area contributed by atoms with Crippen molar-refractivity contribution in [1.82, 2.24) is 10.6 Å². The maximum Gasteiger partial charge on any atom is 0.239 e. The molecule has 0 bridgehead atoms. The molecule has 0 radical (unpaired) electrons. The van der Waals surface area contributed by atoms with Crippen LogP contribution in [0.25, 0.3) is 0 Å². The summed E-state index contributed by atoms with van der Waals surface area (Å²) in [6.45, 7) is 3.87. The molecule has 6 nitrogen and oxygen atoms in total. The van der Waals surface area contributed by atoms with Crippen LogP contribution >= 0.6 is 0 Å². The molecule has 5 N–H and O–H groups in total. The lowest BCUT2D eigenvalue weighted by molar-refractivity contribution is -0.142. The van der Waals surface area contributed by atoms with E-state index in [0.29, 0.717) is 6.54 Å². The molecule has 1 saturated heterocycles. The van der Waals surface area contributed by atoms with E-state index in [0.717, 1.165) is 0 Å². The highest BCUT2D eigenvalue weighted by molar-refractivity contribution is 5.82. The normalized spacial score (nSPS) is 41.3. The van der Waals surface area contributed by atoms with E-state index in [1.165, 1.54) is 0 Å². The molecule has 0 spiro atoms. The van der Waals surface area contributed by atoms with Gasteiger partial charge < -0.3 is 20.6 Å². The van der Waals surface area contributed by atoms with Crippen LogP contribution < -0.4 is 10.6 Å². The van der Waals surface area contributed by atoms with Gasteiger partial charge in [-0.3, -0.25) is 10.1 Å². The first-order valence-corrected chi connectivity index (χ1v) is 5.07. The molecule has 0 aromatic carbocycles. The van der Waals surface area contributed by atoms with E-state index in [-0.39, 0.29) is 5.91 Å². The summed E-state index contributed by atoms with van der Waals surface area (Å²) in [5.74, 6) is -0.372. The molecule has 1 aliphatic heterocycles. The number of amides is 1. The molecule has 88 valence electrons. The van der Waals surface area contributed by atoms with Crippen LogP contribution in [0, 0.1) is 0 Å². The van der Waals surface area contributed by atoms with Gasteiger partial charge in [-0.05, 0) is 13.8 Å². The Morgan fingerprint density at radius 3 is 2.40 bits per heavy atom. The molecule has 0 aromatic heterocycles. The summed E-state index contributed by atoms with van der Waals surface area (Å²) in [5, 5.41) is 33.8. The third-order valence-corrected chi connectivity index (χ3v) is 2.63. The maximum atomic E-state index is 11.5. The van der Waals surface area contributed by atoms with Gasteiger partial charge in [0.15, 0.2) is 0 Å². The van der Waals surface area contributed by atoms with E-state index in [1.54, 1.807) is 13.8 Å². The van der Waals surface area contributed by atoms with Crippen LogP contribution in [0.2, 0.25) is 0 Å². The van der Waals surface area contributed by atoms with Crippen LogP contribution in [-0.2, 0) is 4.79 Å². The van der Waals surface area contributed by atoms with Crippen molar-refractivity contribution in [2.75, 3.05) is 6.54 Å². The smallest absolute Gasteiger partial charge is 0.239 e. The van der Waals surface area contributed by atoms with Gasteiger partial charge in [-0.15, -0.1) is 0 Å². The minimum Gasteiger partial charge on any atom is -0.389 e.